The highest BCUT2D eigenvalue weighted by Crippen LogP contribution is 2.22. The van der Waals surface area contributed by atoms with Crippen LogP contribution in [0, 0.1) is 10.1 Å². The third kappa shape index (κ3) is 6.58. The second-order valence-corrected chi connectivity index (χ2v) is 8.09. The van der Waals surface area contributed by atoms with Gasteiger partial charge in [-0.2, -0.15) is 5.10 Å². The average molecular weight is 464 g/mol. The molecule has 33 heavy (non-hydrogen) atoms. The topological polar surface area (TPSA) is 117 Å². The number of hydrogen-bond acceptors (Lipinski definition) is 7. The molecular formula is C23H21N5O4S. The monoisotopic (exact) mass is 463 g/mol. The quantitative estimate of drug-likeness (QED) is 0.229. The molecule has 9 nitrogen and oxygen atoms in total. The highest BCUT2D eigenvalue weighted by Gasteiger charge is 2.15. The van der Waals surface area contributed by atoms with E-state index >= 15 is 0 Å². The molecule has 0 saturated carbocycles. The number of amides is 2. The summed E-state index contributed by atoms with van der Waals surface area (Å²) in [5.41, 5.74) is 4.44. The fraction of sp³-hybridized carbons (Fsp3) is 0.0870. The van der Waals surface area contributed by atoms with Crippen molar-refractivity contribution in [2.45, 2.75) is 0 Å². The molecule has 10 heteroatoms. The maximum absolute atomic E-state index is 12.8. The first-order valence-corrected chi connectivity index (χ1v) is 10.6. The molecule has 0 aliphatic carbocycles. The van der Waals surface area contributed by atoms with Crippen molar-refractivity contribution in [1.29, 1.82) is 0 Å². The van der Waals surface area contributed by atoms with Crippen LogP contribution in [-0.2, 0) is 4.79 Å². The van der Waals surface area contributed by atoms with E-state index in [2.05, 4.69) is 15.8 Å². The van der Waals surface area contributed by atoms with E-state index in [-0.39, 0.29) is 10.7 Å². The van der Waals surface area contributed by atoms with Crippen LogP contribution in [-0.4, -0.2) is 37.0 Å². The van der Waals surface area contributed by atoms with Crippen LogP contribution in [0.1, 0.15) is 20.8 Å². The summed E-state index contributed by atoms with van der Waals surface area (Å²) in [6.45, 7) is 0. The Morgan fingerprint density at radius 2 is 1.73 bits per heavy atom. The van der Waals surface area contributed by atoms with Gasteiger partial charge in [0.1, 0.15) is 5.70 Å². The van der Waals surface area contributed by atoms with Gasteiger partial charge in [0.15, 0.2) is 0 Å². The Hall–Kier alpha value is -4.31. The van der Waals surface area contributed by atoms with Gasteiger partial charge in [-0.1, -0.05) is 41.7 Å². The molecule has 3 aromatic rings. The first-order chi connectivity index (χ1) is 15.8. The number of carbonyl (C=O) groups is 2. The van der Waals surface area contributed by atoms with Crippen LogP contribution in [0.3, 0.4) is 0 Å². The predicted octanol–water partition coefficient (Wildman–Crippen LogP) is 3.64. The molecule has 3 rings (SSSR count). The SMILES string of the molecule is CN(C)c1ccc(/C=C(\NC(=O)c2ccccc2)C(=O)N/N=C\c2ccc([N+](=O)[O-])s2)cc1. The van der Waals surface area contributed by atoms with Gasteiger partial charge < -0.3 is 10.2 Å². The highest BCUT2D eigenvalue weighted by molar-refractivity contribution is 7.16. The summed E-state index contributed by atoms with van der Waals surface area (Å²) in [4.78, 5) is 38.1. The molecule has 2 N–H and O–H groups in total. The Labute approximate surface area is 194 Å². The zero-order valence-electron chi connectivity index (χ0n) is 17.9. The van der Waals surface area contributed by atoms with Gasteiger partial charge >= 0.3 is 5.00 Å². The molecule has 0 unspecified atom stereocenters. The van der Waals surface area contributed by atoms with Crippen LogP contribution >= 0.6 is 11.3 Å². The number of nitrogens with zero attached hydrogens (tertiary/aromatic N) is 3. The Bertz CT molecular complexity index is 1200. The molecule has 0 radical (unpaired) electrons. The summed E-state index contributed by atoms with van der Waals surface area (Å²) in [6, 6.07) is 18.8. The molecule has 1 aromatic heterocycles. The lowest BCUT2D eigenvalue weighted by atomic mass is 10.1. The van der Waals surface area contributed by atoms with E-state index in [1.807, 2.05) is 43.3 Å². The van der Waals surface area contributed by atoms with Gasteiger partial charge in [-0.25, -0.2) is 5.43 Å². The number of thiophene rings is 1. The molecule has 0 atom stereocenters. The minimum absolute atomic E-state index is 0.00392. The van der Waals surface area contributed by atoms with Crippen molar-refractivity contribution in [3.8, 4) is 0 Å². The third-order valence-electron chi connectivity index (χ3n) is 4.40. The number of hydrazone groups is 1. The maximum atomic E-state index is 12.8. The molecule has 0 spiro atoms. The second kappa shape index (κ2) is 10.8. The summed E-state index contributed by atoms with van der Waals surface area (Å²) in [5, 5.41) is 17.2. The fourth-order valence-corrected chi connectivity index (χ4v) is 3.40. The van der Waals surface area contributed by atoms with E-state index in [1.165, 1.54) is 18.3 Å². The van der Waals surface area contributed by atoms with Crippen molar-refractivity contribution in [1.82, 2.24) is 10.7 Å². The summed E-state index contributed by atoms with van der Waals surface area (Å²) in [7, 11) is 3.84. The van der Waals surface area contributed by atoms with E-state index in [1.54, 1.807) is 36.4 Å². The van der Waals surface area contributed by atoms with Crippen LogP contribution < -0.4 is 15.6 Å². The van der Waals surface area contributed by atoms with E-state index in [0.717, 1.165) is 17.0 Å². The molecule has 0 saturated heterocycles. The van der Waals surface area contributed by atoms with Gasteiger partial charge in [-0.15, -0.1) is 0 Å². The minimum Gasteiger partial charge on any atom is -0.378 e. The number of rotatable bonds is 8. The molecule has 2 amide bonds. The number of nitrogens with one attached hydrogen (secondary N) is 2. The van der Waals surface area contributed by atoms with Gasteiger partial charge in [0.2, 0.25) is 0 Å². The summed E-state index contributed by atoms with van der Waals surface area (Å²) in [5.74, 6) is -1.09. The molecule has 0 bridgehead atoms. The standard InChI is InChI=1S/C23H21N5O4S/c1-27(2)18-10-8-16(9-11-18)14-20(25-22(29)17-6-4-3-5-7-17)23(30)26-24-15-19-12-13-21(33-19)28(31)32/h3-15H,1-2H3,(H,25,29)(H,26,30)/b20-14-,24-15-. The number of nitro groups is 1. The molecule has 168 valence electrons. The van der Waals surface area contributed by atoms with Gasteiger partial charge in [0, 0.05) is 31.4 Å². The van der Waals surface area contributed by atoms with Crippen molar-refractivity contribution in [3.05, 3.63) is 98.5 Å². The Morgan fingerprint density at radius 3 is 2.33 bits per heavy atom. The third-order valence-corrected chi connectivity index (χ3v) is 5.37. The Morgan fingerprint density at radius 1 is 1.03 bits per heavy atom. The summed E-state index contributed by atoms with van der Waals surface area (Å²) >= 11 is 0.927. The second-order valence-electron chi connectivity index (χ2n) is 7.00. The van der Waals surface area contributed by atoms with Crippen molar-refractivity contribution in [2.24, 2.45) is 5.10 Å². The Kier molecular flexibility index (Phi) is 7.66. The van der Waals surface area contributed by atoms with E-state index < -0.39 is 16.7 Å². The average Bonchev–Trinajstić information content (AvgIpc) is 3.29. The molecule has 1 heterocycles. The van der Waals surface area contributed by atoms with Gasteiger partial charge in [-0.05, 0) is 42.0 Å². The van der Waals surface area contributed by atoms with Gasteiger partial charge in [-0.3, -0.25) is 19.7 Å². The normalized spacial score (nSPS) is 11.3. The summed E-state index contributed by atoms with van der Waals surface area (Å²) in [6.07, 6.45) is 2.85. The van der Waals surface area contributed by atoms with E-state index in [4.69, 9.17) is 0 Å². The van der Waals surface area contributed by atoms with Crippen LogP contribution in [0.15, 0.2) is 77.5 Å². The lowest BCUT2D eigenvalue weighted by Gasteiger charge is -2.12. The van der Waals surface area contributed by atoms with Crippen molar-refractivity contribution < 1.29 is 14.5 Å². The van der Waals surface area contributed by atoms with Crippen molar-refractivity contribution >= 4 is 46.1 Å². The number of hydrogen-bond donors (Lipinski definition) is 2. The molecular weight excluding hydrogens is 442 g/mol. The summed E-state index contributed by atoms with van der Waals surface area (Å²) < 4.78 is 0. The van der Waals surface area contributed by atoms with Crippen LogP contribution in [0.4, 0.5) is 10.7 Å². The highest BCUT2D eigenvalue weighted by atomic mass is 32.1. The zero-order chi connectivity index (χ0) is 23.8. The number of benzene rings is 2. The van der Waals surface area contributed by atoms with Crippen LogP contribution in [0.2, 0.25) is 0 Å². The zero-order valence-corrected chi connectivity index (χ0v) is 18.7. The van der Waals surface area contributed by atoms with Gasteiger partial charge in [0.05, 0.1) is 16.0 Å². The largest absolute Gasteiger partial charge is 0.378 e. The van der Waals surface area contributed by atoms with Crippen LogP contribution in [0.25, 0.3) is 6.08 Å². The lowest BCUT2D eigenvalue weighted by Crippen LogP contribution is -2.32. The van der Waals surface area contributed by atoms with Crippen LogP contribution in [0.5, 0.6) is 0 Å². The van der Waals surface area contributed by atoms with E-state index in [0.29, 0.717) is 16.0 Å². The smallest absolute Gasteiger partial charge is 0.324 e. The van der Waals surface area contributed by atoms with Gasteiger partial charge in [0.25, 0.3) is 11.8 Å². The fourth-order valence-electron chi connectivity index (χ4n) is 2.70. The molecule has 2 aromatic carbocycles. The predicted molar refractivity (Wildman–Crippen MR) is 129 cm³/mol. The maximum Gasteiger partial charge on any atom is 0.324 e. The molecule has 0 aliphatic heterocycles. The number of carbonyl (C=O) groups excluding carboxylic acids is 2. The first-order valence-electron chi connectivity index (χ1n) is 9.76. The molecule has 0 fully saturated rings. The molecule has 0 aliphatic rings. The van der Waals surface area contributed by atoms with E-state index in [9.17, 15) is 19.7 Å². The Balaban J connectivity index is 1.80. The van der Waals surface area contributed by atoms with Crippen molar-refractivity contribution in [3.63, 3.8) is 0 Å². The number of anilines is 1. The van der Waals surface area contributed by atoms with Crippen molar-refractivity contribution in [2.75, 3.05) is 19.0 Å². The lowest BCUT2D eigenvalue weighted by molar-refractivity contribution is -0.380. The minimum atomic E-state index is -0.640. The first kappa shape index (κ1) is 23.4.